The van der Waals surface area contributed by atoms with Crippen molar-refractivity contribution < 1.29 is 9.21 Å². The van der Waals surface area contributed by atoms with Gasteiger partial charge in [0.05, 0.1) is 0 Å². The maximum Gasteiger partial charge on any atom is 0.349 e. The van der Waals surface area contributed by atoms with Crippen molar-refractivity contribution in [2.45, 2.75) is 25.7 Å². The summed E-state index contributed by atoms with van der Waals surface area (Å²) in [7, 11) is 0. The van der Waals surface area contributed by atoms with Crippen LogP contribution in [0.15, 0.2) is 33.5 Å². The number of benzene rings is 1. The SMILES string of the molecule is O=C(c1cc2cc(Cl)ccc2oc1=O)N1CCCCCC1. The lowest BCUT2D eigenvalue weighted by molar-refractivity contribution is 0.0757. The summed E-state index contributed by atoms with van der Waals surface area (Å²) in [5.41, 5.74) is -0.0532. The minimum atomic E-state index is -0.584. The molecule has 1 aliphatic rings. The number of hydrogen-bond donors (Lipinski definition) is 0. The van der Waals surface area contributed by atoms with Gasteiger partial charge in [-0.1, -0.05) is 24.4 Å². The van der Waals surface area contributed by atoms with Gasteiger partial charge < -0.3 is 9.32 Å². The van der Waals surface area contributed by atoms with Crippen LogP contribution in [0.5, 0.6) is 0 Å². The third-order valence-electron chi connectivity index (χ3n) is 3.82. The van der Waals surface area contributed by atoms with Crippen molar-refractivity contribution in [1.29, 1.82) is 0 Å². The van der Waals surface area contributed by atoms with Crippen LogP contribution in [0.2, 0.25) is 5.02 Å². The molecule has 2 heterocycles. The molecule has 4 nitrogen and oxygen atoms in total. The van der Waals surface area contributed by atoms with Gasteiger partial charge in [0.2, 0.25) is 0 Å². The molecule has 110 valence electrons. The molecule has 2 aromatic rings. The van der Waals surface area contributed by atoms with Gasteiger partial charge in [-0.05, 0) is 37.1 Å². The molecule has 0 atom stereocenters. The van der Waals surface area contributed by atoms with E-state index in [1.54, 1.807) is 29.2 Å². The Morgan fingerprint density at radius 1 is 1.10 bits per heavy atom. The van der Waals surface area contributed by atoms with Gasteiger partial charge in [0.1, 0.15) is 11.1 Å². The molecular formula is C16H16ClNO3. The normalized spacial score (nSPS) is 16.0. The number of hydrogen-bond acceptors (Lipinski definition) is 3. The first-order valence-electron chi connectivity index (χ1n) is 7.18. The van der Waals surface area contributed by atoms with Crippen molar-refractivity contribution in [2.75, 3.05) is 13.1 Å². The number of nitrogens with zero attached hydrogens (tertiary/aromatic N) is 1. The minimum absolute atomic E-state index is 0.0895. The molecule has 0 saturated carbocycles. The van der Waals surface area contributed by atoms with E-state index < -0.39 is 5.63 Å². The van der Waals surface area contributed by atoms with Gasteiger partial charge >= 0.3 is 5.63 Å². The molecule has 0 unspecified atom stereocenters. The number of amides is 1. The first-order chi connectivity index (χ1) is 10.1. The van der Waals surface area contributed by atoms with Crippen LogP contribution in [0.4, 0.5) is 0 Å². The van der Waals surface area contributed by atoms with E-state index in [1.165, 1.54) is 0 Å². The number of fused-ring (bicyclic) bond motifs is 1. The molecule has 0 aliphatic carbocycles. The Hall–Kier alpha value is -1.81. The molecule has 0 bridgehead atoms. The maximum absolute atomic E-state index is 12.5. The molecule has 1 amide bonds. The van der Waals surface area contributed by atoms with Gasteiger partial charge in [-0.15, -0.1) is 0 Å². The molecule has 21 heavy (non-hydrogen) atoms. The Morgan fingerprint density at radius 2 is 1.81 bits per heavy atom. The van der Waals surface area contributed by atoms with E-state index in [1.807, 2.05) is 0 Å². The highest BCUT2D eigenvalue weighted by Gasteiger charge is 2.21. The topological polar surface area (TPSA) is 50.5 Å². The van der Waals surface area contributed by atoms with Crippen LogP contribution in [0, 0.1) is 0 Å². The fourth-order valence-electron chi connectivity index (χ4n) is 2.69. The largest absolute Gasteiger partial charge is 0.422 e. The molecule has 0 radical (unpaired) electrons. The standard InChI is InChI=1S/C16H16ClNO3/c17-12-5-6-14-11(9-12)10-13(16(20)21-14)15(19)18-7-3-1-2-4-8-18/h5-6,9-10H,1-4,7-8H2. The zero-order valence-electron chi connectivity index (χ0n) is 11.6. The minimum Gasteiger partial charge on any atom is -0.422 e. The van der Waals surface area contributed by atoms with Gasteiger partial charge in [0, 0.05) is 23.5 Å². The monoisotopic (exact) mass is 305 g/mol. The fraction of sp³-hybridized carbons (Fsp3) is 0.375. The second-order valence-corrected chi connectivity index (χ2v) is 5.77. The molecule has 3 rings (SSSR count). The zero-order chi connectivity index (χ0) is 14.8. The summed E-state index contributed by atoms with van der Waals surface area (Å²) in [5, 5.41) is 1.21. The second-order valence-electron chi connectivity index (χ2n) is 5.34. The van der Waals surface area contributed by atoms with E-state index in [2.05, 4.69) is 0 Å². The fourth-order valence-corrected chi connectivity index (χ4v) is 2.87. The Kier molecular flexibility index (Phi) is 3.97. The highest BCUT2D eigenvalue weighted by atomic mass is 35.5. The summed E-state index contributed by atoms with van der Waals surface area (Å²) in [6, 6.07) is 6.57. The lowest BCUT2D eigenvalue weighted by atomic mass is 10.1. The van der Waals surface area contributed by atoms with Crippen molar-refractivity contribution in [3.63, 3.8) is 0 Å². The Bertz CT molecular complexity index is 730. The van der Waals surface area contributed by atoms with Crippen molar-refractivity contribution in [1.82, 2.24) is 4.90 Å². The van der Waals surface area contributed by atoms with E-state index in [9.17, 15) is 9.59 Å². The van der Waals surface area contributed by atoms with Gasteiger partial charge in [-0.2, -0.15) is 0 Å². The zero-order valence-corrected chi connectivity index (χ0v) is 12.4. The molecule has 1 aromatic carbocycles. The van der Waals surface area contributed by atoms with E-state index in [-0.39, 0.29) is 11.5 Å². The molecule has 1 aromatic heterocycles. The van der Waals surface area contributed by atoms with Crippen molar-refractivity contribution >= 4 is 28.5 Å². The van der Waals surface area contributed by atoms with Crippen LogP contribution in [-0.2, 0) is 0 Å². The van der Waals surface area contributed by atoms with Crippen LogP contribution < -0.4 is 5.63 Å². The smallest absolute Gasteiger partial charge is 0.349 e. The van der Waals surface area contributed by atoms with E-state index in [0.717, 1.165) is 25.7 Å². The first kappa shape index (κ1) is 14.1. The summed E-state index contributed by atoms with van der Waals surface area (Å²) < 4.78 is 5.23. The molecule has 1 saturated heterocycles. The average molecular weight is 306 g/mol. The van der Waals surface area contributed by atoms with Gasteiger partial charge in [-0.3, -0.25) is 4.79 Å². The van der Waals surface area contributed by atoms with Crippen LogP contribution in [0.25, 0.3) is 11.0 Å². The Morgan fingerprint density at radius 3 is 2.52 bits per heavy atom. The van der Waals surface area contributed by atoms with Gasteiger partial charge in [0.25, 0.3) is 5.91 Å². The lowest BCUT2D eigenvalue weighted by Crippen LogP contribution is -2.34. The van der Waals surface area contributed by atoms with Crippen LogP contribution in [0.1, 0.15) is 36.0 Å². The van der Waals surface area contributed by atoms with E-state index >= 15 is 0 Å². The van der Waals surface area contributed by atoms with Crippen LogP contribution in [0.3, 0.4) is 0 Å². The Balaban J connectivity index is 2.00. The molecular weight excluding hydrogens is 290 g/mol. The van der Waals surface area contributed by atoms with Crippen molar-refractivity contribution in [3.05, 3.63) is 45.3 Å². The number of carbonyl (C=O) groups is 1. The van der Waals surface area contributed by atoms with E-state index in [0.29, 0.717) is 29.1 Å². The lowest BCUT2D eigenvalue weighted by Gasteiger charge is -2.19. The van der Waals surface area contributed by atoms with Gasteiger partial charge in [-0.25, -0.2) is 4.79 Å². The molecule has 1 aliphatic heterocycles. The van der Waals surface area contributed by atoms with Crippen LogP contribution in [-0.4, -0.2) is 23.9 Å². The van der Waals surface area contributed by atoms with Gasteiger partial charge in [0.15, 0.2) is 0 Å². The average Bonchev–Trinajstić information content (AvgIpc) is 2.75. The highest BCUT2D eigenvalue weighted by molar-refractivity contribution is 6.31. The van der Waals surface area contributed by atoms with Crippen molar-refractivity contribution in [2.24, 2.45) is 0 Å². The van der Waals surface area contributed by atoms with Crippen molar-refractivity contribution in [3.8, 4) is 0 Å². The van der Waals surface area contributed by atoms with E-state index in [4.69, 9.17) is 16.0 Å². The molecule has 0 spiro atoms. The molecule has 1 fully saturated rings. The summed E-state index contributed by atoms with van der Waals surface area (Å²) in [6.45, 7) is 1.40. The van der Waals surface area contributed by atoms with Crippen LogP contribution >= 0.6 is 11.6 Å². The first-order valence-corrected chi connectivity index (χ1v) is 7.55. The third-order valence-corrected chi connectivity index (χ3v) is 4.05. The Labute approximate surface area is 127 Å². The molecule has 5 heteroatoms. The predicted molar refractivity (Wildman–Crippen MR) is 81.9 cm³/mol. The number of likely N-dealkylation sites (tertiary alicyclic amines) is 1. The molecule has 0 N–H and O–H groups in total. The summed E-state index contributed by atoms with van der Waals surface area (Å²) in [6.07, 6.45) is 4.23. The summed E-state index contributed by atoms with van der Waals surface area (Å²) in [5.74, 6) is -0.243. The number of rotatable bonds is 1. The highest BCUT2D eigenvalue weighted by Crippen LogP contribution is 2.20. The summed E-state index contributed by atoms with van der Waals surface area (Å²) in [4.78, 5) is 26.3. The second kappa shape index (κ2) is 5.90. The summed E-state index contributed by atoms with van der Waals surface area (Å²) >= 11 is 5.95. The predicted octanol–water partition coefficient (Wildman–Crippen LogP) is 3.46. The third kappa shape index (κ3) is 2.95. The number of carbonyl (C=O) groups excluding carboxylic acids is 1. The quantitative estimate of drug-likeness (QED) is 0.758. The maximum atomic E-state index is 12.5. The number of halogens is 1.